The molecule has 2 aromatic carbocycles. The molecule has 2 fully saturated rings. The summed E-state index contributed by atoms with van der Waals surface area (Å²) in [4.78, 5) is 41.7. The number of nitrogens with one attached hydrogen (secondary N) is 2. The predicted molar refractivity (Wildman–Crippen MR) is 118 cm³/mol. The molecule has 32 heavy (non-hydrogen) atoms. The number of methoxy groups -OCH3 is 2. The SMILES string of the molecule is COc1ccc(C[C@H]2NC(=O)[C@@H]3CN(C(=O)Nc4cccc(OC)c4)CCN3C2=O)cc1. The Morgan fingerprint density at radius 3 is 2.53 bits per heavy atom. The zero-order valence-electron chi connectivity index (χ0n) is 18.0. The quantitative estimate of drug-likeness (QED) is 0.737. The van der Waals surface area contributed by atoms with Gasteiger partial charge in [-0.2, -0.15) is 0 Å². The molecule has 2 saturated heterocycles. The summed E-state index contributed by atoms with van der Waals surface area (Å²) in [6.07, 6.45) is 0.401. The van der Waals surface area contributed by atoms with Crippen LogP contribution in [-0.4, -0.2) is 73.6 Å². The minimum Gasteiger partial charge on any atom is -0.497 e. The molecule has 0 bridgehead atoms. The van der Waals surface area contributed by atoms with Gasteiger partial charge in [0.2, 0.25) is 11.8 Å². The number of carbonyl (C=O) groups excluding carboxylic acids is 3. The molecule has 0 saturated carbocycles. The predicted octanol–water partition coefficient (Wildman–Crippen LogP) is 1.49. The van der Waals surface area contributed by atoms with Gasteiger partial charge in [0.15, 0.2) is 0 Å². The van der Waals surface area contributed by atoms with Crippen molar-refractivity contribution < 1.29 is 23.9 Å². The molecule has 0 unspecified atom stereocenters. The maximum atomic E-state index is 13.0. The molecular weight excluding hydrogens is 412 g/mol. The van der Waals surface area contributed by atoms with Gasteiger partial charge in [-0.05, 0) is 29.8 Å². The zero-order chi connectivity index (χ0) is 22.7. The highest BCUT2D eigenvalue weighted by molar-refractivity contribution is 5.98. The van der Waals surface area contributed by atoms with Crippen LogP contribution in [0.4, 0.5) is 10.5 Å². The van der Waals surface area contributed by atoms with Crippen LogP contribution in [0.1, 0.15) is 5.56 Å². The third kappa shape index (κ3) is 4.46. The van der Waals surface area contributed by atoms with Gasteiger partial charge in [-0.1, -0.05) is 18.2 Å². The minimum atomic E-state index is -0.695. The molecule has 0 aromatic heterocycles. The lowest BCUT2D eigenvalue weighted by molar-refractivity contribution is -0.152. The molecule has 168 valence electrons. The van der Waals surface area contributed by atoms with E-state index in [9.17, 15) is 14.4 Å². The van der Waals surface area contributed by atoms with Crippen LogP contribution in [0.2, 0.25) is 0 Å². The summed E-state index contributed by atoms with van der Waals surface area (Å²) in [6, 6.07) is 12.8. The van der Waals surface area contributed by atoms with Gasteiger partial charge in [-0.3, -0.25) is 9.59 Å². The van der Waals surface area contributed by atoms with Crippen molar-refractivity contribution >= 4 is 23.5 Å². The Labute approximate surface area is 186 Å². The molecule has 0 radical (unpaired) electrons. The summed E-state index contributed by atoms with van der Waals surface area (Å²) < 4.78 is 10.3. The number of fused-ring (bicyclic) bond motifs is 1. The third-order valence-corrected chi connectivity index (χ3v) is 5.79. The smallest absolute Gasteiger partial charge is 0.321 e. The molecule has 2 aliphatic heterocycles. The van der Waals surface area contributed by atoms with Crippen molar-refractivity contribution in [2.75, 3.05) is 39.2 Å². The van der Waals surface area contributed by atoms with Gasteiger partial charge in [0, 0.05) is 31.3 Å². The molecule has 2 aliphatic rings. The zero-order valence-corrected chi connectivity index (χ0v) is 18.0. The molecule has 2 aromatic rings. The Morgan fingerprint density at radius 2 is 1.81 bits per heavy atom. The second-order valence-corrected chi connectivity index (χ2v) is 7.77. The minimum absolute atomic E-state index is 0.127. The van der Waals surface area contributed by atoms with E-state index in [1.165, 1.54) is 0 Å². The van der Waals surface area contributed by atoms with E-state index in [-0.39, 0.29) is 24.4 Å². The topological polar surface area (TPSA) is 100 Å². The lowest BCUT2D eigenvalue weighted by Crippen LogP contribution is -2.70. The Bertz CT molecular complexity index is 1010. The summed E-state index contributed by atoms with van der Waals surface area (Å²) in [5.74, 6) is 0.990. The molecule has 0 spiro atoms. The number of rotatable bonds is 5. The monoisotopic (exact) mass is 438 g/mol. The second kappa shape index (κ2) is 9.17. The van der Waals surface area contributed by atoms with Gasteiger partial charge in [0.25, 0.3) is 0 Å². The van der Waals surface area contributed by atoms with E-state index < -0.39 is 12.1 Å². The highest BCUT2D eigenvalue weighted by Crippen LogP contribution is 2.21. The van der Waals surface area contributed by atoms with Crippen LogP contribution in [0.15, 0.2) is 48.5 Å². The van der Waals surface area contributed by atoms with Gasteiger partial charge in [0.1, 0.15) is 23.6 Å². The lowest BCUT2D eigenvalue weighted by atomic mass is 9.98. The number of hydrogen-bond acceptors (Lipinski definition) is 5. The molecule has 9 heteroatoms. The van der Waals surface area contributed by atoms with Crippen LogP contribution >= 0.6 is 0 Å². The number of hydrogen-bond donors (Lipinski definition) is 2. The van der Waals surface area contributed by atoms with Crippen LogP contribution in [0.5, 0.6) is 11.5 Å². The van der Waals surface area contributed by atoms with Crippen molar-refractivity contribution in [3.8, 4) is 11.5 Å². The van der Waals surface area contributed by atoms with E-state index in [4.69, 9.17) is 9.47 Å². The maximum Gasteiger partial charge on any atom is 0.321 e. The Balaban J connectivity index is 1.38. The van der Waals surface area contributed by atoms with Crippen molar-refractivity contribution in [1.82, 2.24) is 15.1 Å². The normalized spacial score (nSPS) is 20.3. The molecule has 0 aliphatic carbocycles. The molecule has 4 rings (SSSR count). The summed E-state index contributed by atoms with van der Waals surface area (Å²) in [6.45, 7) is 0.796. The highest BCUT2D eigenvalue weighted by atomic mass is 16.5. The summed E-state index contributed by atoms with van der Waals surface area (Å²) >= 11 is 0. The van der Waals surface area contributed by atoms with Crippen LogP contribution in [-0.2, 0) is 16.0 Å². The number of ether oxygens (including phenoxy) is 2. The molecule has 2 N–H and O–H groups in total. The fourth-order valence-electron chi connectivity index (χ4n) is 4.02. The molecule has 9 nitrogen and oxygen atoms in total. The number of carbonyl (C=O) groups is 3. The van der Waals surface area contributed by atoms with Crippen LogP contribution < -0.4 is 20.1 Å². The first-order chi connectivity index (χ1) is 15.5. The van der Waals surface area contributed by atoms with Gasteiger partial charge in [0.05, 0.1) is 20.8 Å². The van der Waals surface area contributed by atoms with E-state index in [1.807, 2.05) is 24.3 Å². The van der Waals surface area contributed by atoms with Crippen molar-refractivity contribution in [3.63, 3.8) is 0 Å². The largest absolute Gasteiger partial charge is 0.497 e. The first kappa shape index (κ1) is 21.5. The lowest BCUT2D eigenvalue weighted by Gasteiger charge is -2.45. The molecule has 2 heterocycles. The number of urea groups is 1. The second-order valence-electron chi connectivity index (χ2n) is 7.77. The maximum absolute atomic E-state index is 13.0. The van der Waals surface area contributed by atoms with Crippen LogP contribution in [0.3, 0.4) is 0 Å². The number of piperazine rings is 2. The number of benzene rings is 2. The molecule has 2 atom stereocenters. The fraction of sp³-hybridized carbons (Fsp3) is 0.348. The summed E-state index contributed by atoms with van der Waals surface area (Å²) in [7, 11) is 3.15. The van der Waals surface area contributed by atoms with Crippen LogP contribution in [0, 0.1) is 0 Å². The van der Waals surface area contributed by atoms with Gasteiger partial charge in [-0.25, -0.2) is 4.79 Å². The average Bonchev–Trinajstić information content (AvgIpc) is 2.82. The Morgan fingerprint density at radius 1 is 1.06 bits per heavy atom. The summed E-state index contributed by atoms with van der Waals surface area (Å²) in [5.41, 5.74) is 1.53. The fourth-order valence-corrected chi connectivity index (χ4v) is 4.02. The Kier molecular flexibility index (Phi) is 6.16. The summed E-state index contributed by atoms with van der Waals surface area (Å²) in [5, 5.41) is 5.65. The van der Waals surface area contributed by atoms with Crippen molar-refractivity contribution in [2.45, 2.75) is 18.5 Å². The average molecular weight is 438 g/mol. The van der Waals surface area contributed by atoms with E-state index in [1.54, 1.807) is 48.3 Å². The Hall–Kier alpha value is -3.75. The van der Waals surface area contributed by atoms with Crippen LogP contribution in [0.25, 0.3) is 0 Å². The number of nitrogens with zero attached hydrogens (tertiary/aromatic N) is 2. The molecule has 4 amide bonds. The van der Waals surface area contributed by atoms with E-state index in [0.717, 1.165) is 11.3 Å². The van der Waals surface area contributed by atoms with E-state index in [0.29, 0.717) is 30.9 Å². The van der Waals surface area contributed by atoms with Crippen molar-refractivity contribution in [2.24, 2.45) is 0 Å². The van der Waals surface area contributed by atoms with Crippen molar-refractivity contribution in [1.29, 1.82) is 0 Å². The highest BCUT2D eigenvalue weighted by Gasteiger charge is 2.44. The first-order valence-corrected chi connectivity index (χ1v) is 10.4. The third-order valence-electron chi connectivity index (χ3n) is 5.79. The van der Waals surface area contributed by atoms with E-state index in [2.05, 4.69) is 10.6 Å². The van der Waals surface area contributed by atoms with E-state index >= 15 is 0 Å². The van der Waals surface area contributed by atoms with Crippen molar-refractivity contribution in [3.05, 3.63) is 54.1 Å². The number of anilines is 1. The standard InChI is InChI=1S/C23H26N4O5/c1-31-17-8-6-15(7-9-17)12-19-22(29)27-11-10-26(14-20(27)21(28)25-19)23(30)24-16-4-3-5-18(13-16)32-2/h3-9,13,19-20H,10-12,14H2,1-2H3,(H,24,30)(H,25,28)/t19-,20+/m1/s1. The first-order valence-electron chi connectivity index (χ1n) is 10.4. The molecular formula is C23H26N4O5. The van der Waals surface area contributed by atoms with Gasteiger partial charge < -0.3 is 29.9 Å². The van der Waals surface area contributed by atoms with Gasteiger partial charge in [-0.15, -0.1) is 0 Å². The number of amides is 4. The van der Waals surface area contributed by atoms with Gasteiger partial charge >= 0.3 is 6.03 Å².